The molecule has 0 radical (unpaired) electrons. The summed E-state index contributed by atoms with van der Waals surface area (Å²) in [6, 6.07) is 0. The van der Waals surface area contributed by atoms with Crippen molar-refractivity contribution in [2.75, 3.05) is 26.2 Å². The van der Waals surface area contributed by atoms with Gasteiger partial charge in [-0.1, -0.05) is 104 Å². The number of rotatable bonds is 30. The molecule has 0 spiro atoms. The third-order valence-electron chi connectivity index (χ3n) is 8.98. The minimum Gasteiger partial charge on any atom is -0.550 e. The van der Waals surface area contributed by atoms with Crippen LogP contribution in [-0.4, -0.2) is 58.8 Å². The van der Waals surface area contributed by atoms with Crippen molar-refractivity contribution >= 4 is 17.9 Å². The van der Waals surface area contributed by atoms with Crippen molar-refractivity contribution in [3.05, 3.63) is 12.2 Å². The van der Waals surface area contributed by atoms with Gasteiger partial charge in [0.1, 0.15) is 11.8 Å². The lowest BCUT2D eigenvalue weighted by atomic mass is 9.95. The topological polar surface area (TPSA) is 115 Å². The summed E-state index contributed by atoms with van der Waals surface area (Å²) in [5, 5.41) is 31.5. The Labute approximate surface area is 257 Å². The molecule has 0 saturated heterocycles. The molecule has 0 aliphatic carbocycles. The number of hydrogen-bond acceptors (Lipinski definition) is 4. The van der Waals surface area contributed by atoms with Gasteiger partial charge in [0.2, 0.25) is 0 Å². The Balaban J connectivity index is 4.73. The molecule has 0 saturated carbocycles. The molecular weight excluding hydrogens is 530 g/mol. The molecule has 0 aliphatic rings. The zero-order chi connectivity index (χ0) is 31.6. The highest BCUT2D eigenvalue weighted by Crippen LogP contribution is 2.25. The van der Waals surface area contributed by atoms with E-state index >= 15 is 0 Å². The molecular formula is C35H65NO6. The van der Waals surface area contributed by atoms with Crippen molar-refractivity contribution in [3.8, 4) is 0 Å². The standard InChI is InChI=1S/C35H65NO6/c1-5-9-10-11-12-13-14-15-16-17-18-19-20-21-22-23-24-25-26-36(27-30(6-2)33(37)38,28-31(7-3)34(39)40)29-32(8-4)35(41)42/h16-17,30-32H,5-15,18-29H2,1-4H3,(H2-,37,38,39,40,41,42)/b17-16+. The lowest BCUT2D eigenvalue weighted by molar-refractivity contribution is -0.935. The molecule has 0 heterocycles. The van der Waals surface area contributed by atoms with E-state index in [9.17, 15) is 29.7 Å². The zero-order valence-electron chi connectivity index (χ0n) is 27.6. The second kappa shape index (κ2) is 25.6. The van der Waals surface area contributed by atoms with Gasteiger partial charge in [-0.25, -0.2) is 0 Å². The maximum atomic E-state index is 12.0. The average molecular weight is 596 g/mol. The first-order chi connectivity index (χ1) is 20.2. The number of aliphatic carboxylic acids is 3. The molecule has 0 bridgehead atoms. The van der Waals surface area contributed by atoms with Crippen LogP contribution in [0.1, 0.15) is 150 Å². The monoisotopic (exact) mass is 595 g/mol. The number of nitrogens with zero attached hydrogens (tertiary/aromatic N) is 1. The molecule has 0 amide bonds. The van der Waals surface area contributed by atoms with Gasteiger partial charge >= 0.3 is 11.9 Å². The van der Waals surface area contributed by atoms with Crippen LogP contribution in [0.4, 0.5) is 0 Å². The van der Waals surface area contributed by atoms with Gasteiger partial charge in [0.15, 0.2) is 0 Å². The predicted molar refractivity (Wildman–Crippen MR) is 170 cm³/mol. The fourth-order valence-electron chi connectivity index (χ4n) is 6.08. The Morgan fingerprint density at radius 1 is 0.571 bits per heavy atom. The highest BCUT2D eigenvalue weighted by atomic mass is 16.4. The second-order valence-electron chi connectivity index (χ2n) is 12.6. The molecule has 246 valence electrons. The Bertz CT molecular complexity index is 677. The molecule has 0 aromatic carbocycles. The van der Waals surface area contributed by atoms with E-state index in [-0.39, 0.29) is 24.1 Å². The van der Waals surface area contributed by atoms with Gasteiger partial charge in [0.05, 0.1) is 32.1 Å². The van der Waals surface area contributed by atoms with E-state index in [0.29, 0.717) is 25.8 Å². The Morgan fingerprint density at radius 2 is 0.929 bits per heavy atom. The van der Waals surface area contributed by atoms with Crippen LogP contribution in [0.2, 0.25) is 0 Å². The quantitative estimate of drug-likeness (QED) is 0.0501. The number of allylic oxidation sites excluding steroid dienone is 2. The lowest BCUT2D eigenvalue weighted by Gasteiger charge is -2.44. The summed E-state index contributed by atoms with van der Waals surface area (Å²) in [6.45, 7) is 9.03. The van der Waals surface area contributed by atoms with Crippen molar-refractivity contribution in [2.45, 2.75) is 150 Å². The molecule has 0 aromatic rings. The van der Waals surface area contributed by atoms with Gasteiger partial charge in [-0.15, -0.1) is 0 Å². The van der Waals surface area contributed by atoms with Gasteiger partial charge in [-0.2, -0.15) is 0 Å². The van der Waals surface area contributed by atoms with E-state index in [0.717, 1.165) is 32.1 Å². The Hall–Kier alpha value is -1.89. The molecule has 3 atom stereocenters. The van der Waals surface area contributed by atoms with Crippen molar-refractivity contribution < 1.29 is 34.2 Å². The average Bonchev–Trinajstić information content (AvgIpc) is 2.96. The van der Waals surface area contributed by atoms with Crippen molar-refractivity contribution in [3.63, 3.8) is 0 Å². The highest BCUT2D eigenvalue weighted by molar-refractivity contribution is 5.70. The minimum absolute atomic E-state index is 0.216. The molecule has 42 heavy (non-hydrogen) atoms. The van der Waals surface area contributed by atoms with Crippen molar-refractivity contribution in [2.24, 2.45) is 17.8 Å². The van der Waals surface area contributed by atoms with Crippen LogP contribution in [0.15, 0.2) is 12.2 Å². The fraction of sp³-hybridized carbons (Fsp3) is 0.857. The number of quaternary nitrogens is 1. The number of carboxylic acids is 3. The van der Waals surface area contributed by atoms with Crippen LogP contribution in [0.5, 0.6) is 0 Å². The van der Waals surface area contributed by atoms with Crippen molar-refractivity contribution in [1.29, 1.82) is 0 Å². The van der Waals surface area contributed by atoms with E-state index < -0.39 is 35.7 Å². The minimum atomic E-state index is -1.14. The third-order valence-corrected chi connectivity index (χ3v) is 8.98. The summed E-state index contributed by atoms with van der Waals surface area (Å²) in [6.07, 6.45) is 25.4. The second-order valence-corrected chi connectivity index (χ2v) is 12.6. The van der Waals surface area contributed by atoms with E-state index in [1.165, 1.54) is 70.6 Å². The largest absolute Gasteiger partial charge is 0.550 e. The predicted octanol–water partition coefficient (Wildman–Crippen LogP) is 7.62. The lowest BCUT2D eigenvalue weighted by Crippen LogP contribution is -2.59. The first kappa shape index (κ1) is 40.1. The maximum Gasteiger partial charge on any atom is 0.312 e. The summed E-state index contributed by atoms with van der Waals surface area (Å²) >= 11 is 0. The first-order valence-electron chi connectivity index (χ1n) is 17.3. The number of hydrogen-bond donors (Lipinski definition) is 2. The summed E-state index contributed by atoms with van der Waals surface area (Å²) in [5.41, 5.74) is 0. The Kier molecular flexibility index (Phi) is 24.4. The summed E-state index contributed by atoms with van der Waals surface area (Å²) in [7, 11) is 0. The van der Waals surface area contributed by atoms with E-state index in [4.69, 9.17) is 0 Å². The van der Waals surface area contributed by atoms with E-state index in [2.05, 4.69) is 19.1 Å². The highest BCUT2D eigenvalue weighted by Gasteiger charge is 2.39. The molecule has 0 fully saturated rings. The molecule has 0 rings (SSSR count). The third kappa shape index (κ3) is 19.3. The van der Waals surface area contributed by atoms with Gasteiger partial charge in [-0.05, 0) is 57.8 Å². The summed E-state index contributed by atoms with van der Waals surface area (Å²) in [4.78, 5) is 35.8. The number of carbonyl (C=O) groups is 3. The van der Waals surface area contributed by atoms with Crippen molar-refractivity contribution in [1.82, 2.24) is 0 Å². The van der Waals surface area contributed by atoms with Crippen LogP contribution in [0.25, 0.3) is 0 Å². The number of carboxylic acid groups (broad SMARTS) is 3. The molecule has 0 aromatic heterocycles. The molecule has 7 nitrogen and oxygen atoms in total. The van der Waals surface area contributed by atoms with Crippen LogP contribution >= 0.6 is 0 Å². The number of carbonyl (C=O) groups excluding carboxylic acids is 1. The molecule has 7 heteroatoms. The van der Waals surface area contributed by atoms with Gasteiger partial charge < -0.3 is 24.6 Å². The molecule has 2 N–H and O–H groups in total. The van der Waals surface area contributed by atoms with Gasteiger partial charge in [0.25, 0.3) is 0 Å². The van der Waals surface area contributed by atoms with Gasteiger partial charge in [-0.3, -0.25) is 9.59 Å². The maximum absolute atomic E-state index is 12.0. The van der Waals surface area contributed by atoms with E-state index in [1.54, 1.807) is 6.92 Å². The first-order valence-corrected chi connectivity index (χ1v) is 17.3. The smallest absolute Gasteiger partial charge is 0.312 e. The molecule has 0 aliphatic heterocycles. The van der Waals surface area contributed by atoms with Crippen LogP contribution in [0, 0.1) is 17.8 Å². The van der Waals surface area contributed by atoms with E-state index in [1.807, 2.05) is 13.8 Å². The SMILES string of the molecule is CCCCCCCCC/C=C/CCCCCCCCC[N+](CC(CC)C(=O)[O-])(CC(CC)C(=O)O)CC(CC)C(=O)O. The summed E-state index contributed by atoms with van der Waals surface area (Å²) in [5.74, 6) is -4.96. The fourth-order valence-corrected chi connectivity index (χ4v) is 6.08. The van der Waals surface area contributed by atoms with Crippen LogP contribution < -0.4 is 5.11 Å². The molecule has 3 unspecified atom stereocenters. The Morgan fingerprint density at radius 3 is 1.29 bits per heavy atom. The van der Waals surface area contributed by atoms with Gasteiger partial charge in [0, 0.05) is 5.92 Å². The zero-order valence-corrected chi connectivity index (χ0v) is 27.6. The normalized spacial score (nSPS) is 15.3. The number of unbranched alkanes of at least 4 members (excludes halogenated alkanes) is 14. The van der Waals surface area contributed by atoms with Crippen LogP contribution in [0.3, 0.4) is 0 Å². The van der Waals surface area contributed by atoms with Crippen LogP contribution in [-0.2, 0) is 14.4 Å². The summed E-state index contributed by atoms with van der Waals surface area (Å²) < 4.78 is 0.216.